The van der Waals surface area contributed by atoms with Crippen molar-refractivity contribution in [1.29, 1.82) is 5.26 Å². The largest absolute Gasteiger partial charge is 0.491 e. The van der Waals surface area contributed by atoms with Gasteiger partial charge in [0, 0.05) is 6.07 Å². The first-order chi connectivity index (χ1) is 6.79. The number of anilines is 1. The third-order valence-corrected chi connectivity index (χ3v) is 2.31. The zero-order valence-corrected chi connectivity index (χ0v) is 7.86. The van der Waals surface area contributed by atoms with Gasteiger partial charge in [-0.1, -0.05) is 0 Å². The average molecular weight is 188 g/mol. The topological polar surface area (TPSA) is 59.0 Å². The molecular weight excluding hydrogens is 176 g/mol. The van der Waals surface area contributed by atoms with Gasteiger partial charge >= 0.3 is 0 Å². The Morgan fingerprint density at radius 2 is 2.29 bits per heavy atom. The number of benzene rings is 1. The molecule has 72 valence electrons. The lowest BCUT2D eigenvalue weighted by atomic mass is 10.2. The van der Waals surface area contributed by atoms with E-state index in [1.807, 2.05) is 0 Å². The average Bonchev–Trinajstić information content (AvgIpc) is 3.00. The van der Waals surface area contributed by atoms with Crippen LogP contribution in [0.25, 0.3) is 0 Å². The Balaban J connectivity index is 2.09. The normalized spacial score (nSPS) is 14.8. The first kappa shape index (κ1) is 8.89. The van der Waals surface area contributed by atoms with Crippen molar-refractivity contribution < 1.29 is 4.74 Å². The lowest BCUT2D eigenvalue weighted by molar-refractivity contribution is 0.301. The second kappa shape index (κ2) is 3.59. The van der Waals surface area contributed by atoms with Crippen molar-refractivity contribution in [2.75, 3.05) is 12.3 Å². The molecule has 1 saturated carbocycles. The maximum Gasteiger partial charge on any atom is 0.143 e. The Bertz CT molecular complexity index is 377. The van der Waals surface area contributed by atoms with Crippen LogP contribution < -0.4 is 10.5 Å². The molecule has 3 heteroatoms. The molecule has 0 heterocycles. The van der Waals surface area contributed by atoms with E-state index in [4.69, 9.17) is 15.7 Å². The van der Waals surface area contributed by atoms with Crippen LogP contribution in [0.5, 0.6) is 5.75 Å². The van der Waals surface area contributed by atoms with Gasteiger partial charge in [-0.2, -0.15) is 5.26 Å². The van der Waals surface area contributed by atoms with Crippen molar-refractivity contribution in [3.8, 4) is 11.8 Å². The quantitative estimate of drug-likeness (QED) is 0.737. The number of nitrogen functional groups attached to an aromatic ring is 1. The molecule has 3 nitrogen and oxygen atoms in total. The van der Waals surface area contributed by atoms with Crippen molar-refractivity contribution in [2.24, 2.45) is 5.92 Å². The maximum atomic E-state index is 8.70. The summed E-state index contributed by atoms with van der Waals surface area (Å²) in [6.07, 6.45) is 2.50. The van der Waals surface area contributed by atoms with E-state index in [0.29, 0.717) is 22.9 Å². The smallest absolute Gasteiger partial charge is 0.143 e. The summed E-state index contributed by atoms with van der Waals surface area (Å²) in [6.45, 7) is 0.721. The molecule has 1 aromatic rings. The highest BCUT2D eigenvalue weighted by Gasteiger charge is 2.22. The van der Waals surface area contributed by atoms with E-state index in [9.17, 15) is 0 Å². The van der Waals surface area contributed by atoms with Crippen molar-refractivity contribution in [3.63, 3.8) is 0 Å². The van der Waals surface area contributed by atoms with E-state index in [0.717, 1.165) is 6.61 Å². The van der Waals surface area contributed by atoms with Crippen LogP contribution in [0.15, 0.2) is 18.2 Å². The number of hydrogen-bond donors (Lipinski definition) is 1. The molecule has 1 aliphatic rings. The highest BCUT2D eigenvalue weighted by Crippen LogP contribution is 2.31. The second-order valence-electron chi connectivity index (χ2n) is 3.62. The lowest BCUT2D eigenvalue weighted by Crippen LogP contribution is -2.01. The minimum Gasteiger partial charge on any atom is -0.491 e. The summed E-state index contributed by atoms with van der Waals surface area (Å²) in [5.41, 5.74) is 6.91. The maximum absolute atomic E-state index is 8.70. The van der Waals surface area contributed by atoms with Gasteiger partial charge in [-0.05, 0) is 30.9 Å². The van der Waals surface area contributed by atoms with E-state index in [2.05, 4.69) is 6.07 Å². The summed E-state index contributed by atoms with van der Waals surface area (Å²) in [6, 6.07) is 7.16. The van der Waals surface area contributed by atoms with Crippen molar-refractivity contribution in [2.45, 2.75) is 12.8 Å². The van der Waals surface area contributed by atoms with Crippen molar-refractivity contribution in [1.82, 2.24) is 0 Å². The summed E-state index contributed by atoms with van der Waals surface area (Å²) in [5, 5.41) is 8.70. The fourth-order valence-electron chi connectivity index (χ4n) is 1.22. The van der Waals surface area contributed by atoms with Crippen molar-refractivity contribution in [3.05, 3.63) is 23.8 Å². The predicted octanol–water partition coefficient (Wildman–Crippen LogP) is 1.93. The van der Waals surface area contributed by atoms with Crippen LogP contribution in [0.3, 0.4) is 0 Å². The SMILES string of the molecule is N#Cc1ccc(N)c(OCC2CC2)c1. The molecule has 0 unspecified atom stereocenters. The third-order valence-electron chi connectivity index (χ3n) is 2.31. The van der Waals surface area contributed by atoms with Gasteiger partial charge in [-0.15, -0.1) is 0 Å². The number of ether oxygens (including phenoxy) is 1. The van der Waals surface area contributed by atoms with Gasteiger partial charge in [-0.25, -0.2) is 0 Å². The molecule has 2 N–H and O–H groups in total. The van der Waals surface area contributed by atoms with Crippen LogP contribution in [0, 0.1) is 17.2 Å². The molecule has 0 aromatic heterocycles. The lowest BCUT2D eigenvalue weighted by Gasteiger charge is -2.07. The summed E-state index contributed by atoms with van der Waals surface area (Å²) in [4.78, 5) is 0. The standard InChI is InChI=1S/C11H12N2O/c12-6-9-3-4-10(13)11(5-9)14-7-8-1-2-8/h3-5,8H,1-2,7,13H2. The summed E-state index contributed by atoms with van der Waals surface area (Å²) >= 11 is 0. The minimum atomic E-state index is 0.588. The fourth-order valence-corrected chi connectivity index (χ4v) is 1.22. The number of nitrogens with two attached hydrogens (primary N) is 1. The van der Waals surface area contributed by atoms with Crippen LogP contribution in [0.4, 0.5) is 5.69 Å². The molecule has 14 heavy (non-hydrogen) atoms. The summed E-state index contributed by atoms with van der Waals surface area (Å²) in [7, 11) is 0. The number of nitriles is 1. The molecule has 0 spiro atoms. The zero-order chi connectivity index (χ0) is 9.97. The summed E-state index contributed by atoms with van der Waals surface area (Å²) < 4.78 is 5.53. The van der Waals surface area contributed by atoms with Crippen molar-refractivity contribution >= 4 is 5.69 Å². The van der Waals surface area contributed by atoms with E-state index in [1.54, 1.807) is 18.2 Å². The van der Waals surface area contributed by atoms with E-state index in [1.165, 1.54) is 12.8 Å². The molecule has 1 aliphatic carbocycles. The molecule has 0 atom stereocenters. The fraction of sp³-hybridized carbons (Fsp3) is 0.364. The van der Waals surface area contributed by atoms with Gasteiger partial charge in [0.15, 0.2) is 0 Å². The minimum absolute atomic E-state index is 0.588. The molecule has 0 bridgehead atoms. The van der Waals surface area contributed by atoms with E-state index in [-0.39, 0.29) is 0 Å². The van der Waals surface area contributed by atoms with Gasteiger partial charge in [0.1, 0.15) is 5.75 Å². The molecule has 0 radical (unpaired) electrons. The third kappa shape index (κ3) is 1.97. The Hall–Kier alpha value is -1.69. The number of nitrogens with zero attached hydrogens (tertiary/aromatic N) is 1. The Morgan fingerprint density at radius 3 is 2.93 bits per heavy atom. The van der Waals surface area contributed by atoms with Gasteiger partial charge in [0.2, 0.25) is 0 Å². The Labute approximate surface area is 83.1 Å². The molecule has 0 amide bonds. The van der Waals surface area contributed by atoms with Gasteiger partial charge in [0.25, 0.3) is 0 Å². The monoisotopic (exact) mass is 188 g/mol. The summed E-state index contributed by atoms with van der Waals surface area (Å²) in [5.74, 6) is 1.33. The first-order valence-corrected chi connectivity index (χ1v) is 4.72. The molecule has 0 aliphatic heterocycles. The van der Waals surface area contributed by atoms with Crippen LogP contribution in [-0.2, 0) is 0 Å². The highest BCUT2D eigenvalue weighted by atomic mass is 16.5. The Kier molecular flexibility index (Phi) is 2.28. The van der Waals surface area contributed by atoms with Crippen LogP contribution in [0.2, 0.25) is 0 Å². The molecule has 0 saturated heterocycles. The van der Waals surface area contributed by atoms with Gasteiger partial charge in [-0.3, -0.25) is 0 Å². The first-order valence-electron chi connectivity index (χ1n) is 4.72. The van der Waals surface area contributed by atoms with Gasteiger partial charge in [0.05, 0.1) is 23.9 Å². The van der Waals surface area contributed by atoms with E-state index >= 15 is 0 Å². The van der Waals surface area contributed by atoms with Crippen LogP contribution in [-0.4, -0.2) is 6.61 Å². The molecule has 2 rings (SSSR count). The Morgan fingerprint density at radius 1 is 1.50 bits per heavy atom. The molecule has 1 aromatic carbocycles. The predicted molar refractivity (Wildman–Crippen MR) is 53.8 cm³/mol. The van der Waals surface area contributed by atoms with Crippen LogP contribution in [0.1, 0.15) is 18.4 Å². The van der Waals surface area contributed by atoms with Gasteiger partial charge < -0.3 is 10.5 Å². The van der Waals surface area contributed by atoms with Crippen LogP contribution >= 0.6 is 0 Å². The number of hydrogen-bond acceptors (Lipinski definition) is 3. The second-order valence-corrected chi connectivity index (χ2v) is 3.62. The van der Waals surface area contributed by atoms with E-state index < -0.39 is 0 Å². The zero-order valence-electron chi connectivity index (χ0n) is 7.86. The highest BCUT2D eigenvalue weighted by molar-refractivity contribution is 5.56. The number of rotatable bonds is 3. The molecular formula is C11H12N2O. The molecule has 1 fully saturated rings.